The van der Waals surface area contributed by atoms with Crippen LogP contribution in [0.25, 0.3) is 0 Å². The molecule has 0 amide bonds. The predicted molar refractivity (Wildman–Crippen MR) is 86.5 cm³/mol. The Morgan fingerprint density at radius 2 is 0.947 bits per heavy atom. The van der Waals surface area contributed by atoms with Gasteiger partial charge in [0.1, 0.15) is 0 Å². The summed E-state index contributed by atoms with van der Waals surface area (Å²) in [4.78, 5) is 0. The van der Waals surface area contributed by atoms with Crippen LogP contribution in [0.4, 0.5) is 0 Å². The van der Waals surface area contributed by atoms with Crippen molar-refractivity contribution in [2.45, 2.75) is 96.8 Å². The van der Waals surface area contributed by atoms with Gasteiger partial charge in [-0.2, -0.15) is 0 Å². The van der Waals surface area contributed by atoms with E-state index in [1.807, 2.05) is 0 Å². The van der Waals surface area contributed by atoms with Gasteiger partial charge < -0.3 is 4.74 Å². The standard InChI is InChI=1S/C18H37O/c1-3-5-6-7-8-9-10-11-12-13-14-15-16-17-18-19-4-2/h2-18H2,1H3. The second kappa shape index (κ2) is 18.0. The van der Waals surface area contributed by atoms with Gasteiger partial charge in [-0.05, 0) is 13.3 Å². The molecule has 0 bridgehead atoms. The molecule has 0 aliphatic rings. The molecule has 1 heteroatoms. The average molecular weight is 269 g/mol. The van der Waals surface area contributed by atoms with Gasteiger partial charge in [0, 0.05) is 13.2 Å². The molecule has 1 nitrogen and oxygen atoms in total. The van der Waals surface area contributed by atoms with Crippen LogP contribution in [0.5, 0.6) is 0 Å². The molecule has 0 saturated carbocycles. The fourth-order valence-electron chi connectivity index (χ4n) is 2.50. The molecule has 0 aromatic carbocycles. The monoisotopic (exact) mass is 269 g/mol. The molecule has 0 atom stereocenters. The van der Waals surface area contributed by atoms with E-state index >= 15 is 0 Å². The van der Waals surface area contributed by atoms with Gasteiger partial charge in [0.25, 0.3) is 0 Å². The number of hydrogen-bond donors (Lipinski definition) is 0. The fraction of sp³-hybridized carbons (Fsp3) is 0.944. The highest BCUT2D eigenvalue weighted by molar-refractivity contribution is 4.49. The van der Waals surface area contributed by atoms with E-state index in [0.717, 1.165) is 6.61 Å². The highest BCUT2D eigenvalue weighted by Gasteiger charge is 1.94. The molecule has 0 saturated heterocycles. The quantitative estimate of drug-likeness (QED) is 0.298. The summed E-state index contributed by atoms with van der Waals surface area (Å²) in [7, 11) is 0. The second-order valence-electron chi connectivity index (χ2n) is 5.71. The summed E-state index contributed by atoms with van der Waals surface area (Å²) in [5.74, 6) is 0. The van der Waals surface area contributed by atoms with Crippen molar-refractivity contribution in [3.8, 4) is 0 Å². The van der Waals surface area contributed by atoms with Crippen molar-refractivity contribution in [2.24, 2.45) is 0 Å². The normalized spacial score (nSPS) is 11.1. The van der Waals surface area contributed by atoms with E-state index in [2.05, 4.69) is 13.8 Å². The van der Waals surface area contributed by atoms with Crippen LogP contribution in [-0.4, -0.2) is 13.2 Å². The van der Waals surface area contributed by atoms with Crippen molar-refractivity contribution in [3.63, 3.8) is 0 Å². The van der Waals surface area contributed by atoms with Crippen molar-refractivity contribution in [3.05, 3.63) is 6.92 Å². The van der Waals surface area contributed by atoms with Crippen molar-refractivity contribution in [1.29, 1.82) is 0 Å². The summed E-state index contributed by atoms with van der Waals surface area (Å²) < 4.78 is 5.23. The Balaban J connectivity index is 2.88. The molecule has 1 radical (unpaired) electrons. The van der Waals surface area contributed by atoms with Crippen LogP contribution in [0.3, 0.4) is 0 Å². The van der Waals surface area contributed by atoms with E-state index in [-0.39, 0.29) is 0 Å². The van der Waals surface area contributed by atoms with Crippen LogP contribution in [-0.2, 0) is 4.74 Å². The smallest absolute Gasteiger partial charge is 0.0466 e. The van der Waals surface area contributed by atoms with E-state index in [4.69, 9.17) is 4.74 Å². The molecule has 0 unspecified atom stereocenters. The SMILES string of the molecule is [CH2]COCCCCCCCCCCCCCCCC. The van der Waals surface area contributed by atoms with Gasteiger partial charge in [-0.25, -0.2) is 0 Å². The van der Waals surface area contributed by atoms with Crippen LogP contribution < -0.4 is 0 Å². The third-order valence-electron chi connectivity index (χ3n) is 3.79. The lowest BCUT2D eigenvalue weighted by molar-refractivity contribution is 0.156. The van der Waals surface area contributed by atoms with Crippen LogP contribution in [0.2, 0.25) is 0 Å². The Labute approximate surface area is 122 Å². The van der Waals surface area contributed by atoms with Gasteiger partial charge in [0.05, 0.1) is 0 Å². The third kappa shape index (κ3) is 18.0. The first kappa shape index (κ1) is 19.0. The van der Waals surface area contributed by atoms with Crippen molar-refractivity contribution < 1.29 is 4.74 Å². The molecule has 19 heavy (non-hydrogen) atoms. The Morgan fingerprint density at radius 1 is 0.579 bits per heavy atom. The van der Waals surface area contributed by atoms with Crippen molar-refractivity contribution in [2.75, 3.05) is 13.2 Å². The van der Waals surface area contributed by atoms with Gasteiger partial charge in [-0.3, -0.25) is 0 Å². The molecular weight excluding hydrogens is 232 g/mol. The summed E-state index contributed by atoms with van der Waals surface area (Å²) in [5.41, 5.74) is 0. The molecule has 0 spiro atoms. The maximum Gasteiger partial charge on any atom is 0.0466 e. The topological polar surface area (TPSA) is 9.23 Å². The number of hydrogen-bond acceptors (Lipinski definition) is 1. The number of unbranched alkanes of at least 4 members (excludes halogenated alkanes) is 13. The van der Waals surface area contributed by atoms with E-state index in [1.165, 1.54) is 89.9 Å². The van der Waals surface area contributed by atoms with Crippen LogP contribution in [0.1, 0.15) is 96.8 Å². The Morgan fingerprint density at radius 3 is 1.32 bits per heavy atom. The molecular formula is C18H37O. The highest BCUT2D eigenvalue weighted by Crippen LogP contribution is 2.12. The van der Waals surface area contributed by atoms with Crippen LogP contribution in [0.15, 0.2) is 0 Å². The Bertz CT molecular complexity index is 129. The zero-order chi connectivity index (χ0) is 14.0. The van der Waals surface area contributed by atoms with Gasteiger partial charge in [-0.1, -0.05) is 90.4 Å². The molecule has 115 valence electrons. The van der Waals surface area contributed by atoms with E-state index in [9.17, 15) is 0 Å². The lowest BCUT2D eigenvalue weighted by atomic mass is 10.0. The summed E-state index contributed by atoms with van der Waals surface area (Å²) >= 11 is 0. The van der Waals surface area contributed by atoms with Crippen molar-refractivity contribution >= 4 is 0 Å². The van der Waals surface area contributed by atoms with Crippen LogP contribution >= 0.6 is 0 Å². The second-order valence-corrected chi connectivity index (χ2v) is 5.71. The largest absolute Gasteiger partial charge is 0.381 e. The molecule has 0 aliphatic carbocycles. The molecule has 0 fully saturated rings. The summed E-state index contributed by atoms with van der Waals surface area (Å²) in [6.07, 6.45) is 19.8. The molecule has 0 rings (SSSR count). The lowest BCUT2D eigenvalue weighted by Crippen LogP contribution is -1.93. The molecule has 0 N–H and O–H groups in total. The first-order chi connectivity index (χ1) is 9.41. The van der Waals surface area contributed by atoms with E-state index in [1.54, 1.807) is 0 Å². The minimum Gasteiger partial charge on any atom is -0.381 e. The zero-order valence-corrected chi connectivity index (χ0v) is 13.4. The van der Waals surface area contributed by atoms with Gasteiger partial charge in [-0.15, -0.1) is 0 Å². The highest BCUT2D eigenvalue weighted by atomic mass is 16.5. The summed E-state index contributed by atoms with van der Waals surface area (Å²) in [6, 6.07) is 0. The Kier molecular flexibility index (Phi) is 17.9. The molecule has 0 aromatic heterocycles. The average Bonchev–Trinajstić information content (AvgIpc) is 2.43. The minimum absolute atomic E-state index is 0.623. The summed E-state index contributed by atoms with van der Waals surface area (Å²) in [6.45, 7) is 7.48. The zero-order valence-electron chi connectivity index (χ0n) is 13.4. The van der Waals surface area contributed by atoms with Gasteiger partial charge >= 0.3 is 0 Å². The summed E-state index contributed by atoms with van der Waals surface area (Å²) in [5, 5.41) is 0. The van der Waals surface area contributed by atoms with Crippen LogP contribution in [0, 0.1) is 6.92 Å². The fourth-order valence-corrected chi connectivity index (χ4v) is 2.50. The van der Waals surface area contributed by atoms with Crippen molar-refractivity contribution in [1.82, 2.24) is 0 Å². The predicted octanol–water partition coefficient (Wildman–Crippen LogP) is 6.32. The first-order valence-electron chi connectivity index (χ1n) is 8.78. The van der Waals surface area contributed by atoms with Gasteiger partial charge in [0.2, 0.25) is 0 Å². The minimum atomic E-state index is 0.623. The third-order valence-corrected chi connectivity index (χ3v) is 3.79. The molecule has 0 aliphatic heterocycles. The maximum atomic E-state index is 5.23. The Hall–Kier alpha value is -0.0400. The number of rotatable bonds is 16. The number of ether oxygens (including phenoxy) is 1. The molecule has 0 heterocycles. The lowest BCUT2D eigenvalue weighted by Gasteiger charge is -2.03. The van der Waals surface area contributed by atoms with E-state index in [0.29, 0.717) is 6.61 Å². The first-order valence-corrected chi connectivity index (χ1v) is 8.78. The van der Waals surface area contributed by atoms with Gasteiger partial charge in [0.15, 0.2) is 0 Å². The molecule has 0 aromatic rings. The van der Waals surface area contributed by atoms with E-state index < -0.39 is 0 Å². The maximum absolute atomic E-state index is 5.23.